The molecule has 0 amide bonds. The zero-order chi connectivity index (χ0) is 14.5. The Balaban J connectivity index is 2.22. The lowest BCUT2D eigenvalue weighted by Crippen LogP contribution is -2.03. The van der Waals surface area contributed by atoms with E-state index in [0.717, 1.165) is 0 Å². The van der Waals surface area contributed by atoms with Gasteiger partial charge in [0.25, 0.3) is 0 Å². The summed E-state index contributed by atoms with van der Waals surface area (Å²) in [6, 6.07) is 8.50. The van der Waals surface area contributed by atoms with Crippen molar-refractivity contribution in [2.45, 2.75) is 13.2 Å². The molecule has 2 rings (SSSR count). The third-order valence-corrected chi connectivity index (χ3v) is 2.84. The summed E-state index contributed by atoms with van der Waals surface area (Å²) in [7, 11) is 1.46. The third-order valence-electron chi connectivity index (χ3n) is 2.84. The van der Waals surface area contributed by atoms with E-state index in [1.165, 1.54) is 25.3 Å². The predicted molar refractivity (Wildman–Crippen MR) is 69.6 cm³/mol. The van der Waals surface area contributed by atoms with Gasteiger partial charge in [0.15, 0.2) is 11.5 Å². The minimum absolute atomic E-state index is 0.149. The van der Waals surface area contributed by atoms with Crippen molar-refractivity contribution >= 4 is 0 Å². The largest absolute Gasteiger partial charge is 0.493 e. The minimum atomic E-state index is -0.665. The average molecular weight is 280 g/mol. The Labute approximate surface area is 115 Å². The van der Waals surface area contributed by atoms with Crippen LogP contribution in [0.1, 0.15) is 11.1 Å². The number of methoxy groups -OCH3 is 1. The Kier molecular flexibility index (Phi) is 4.53. The molecule has 0 aliphatic carbocycles. The van der Waals surface area contributed by atoms with Gasteiger partial charge in [0, 0.05) is 0 Å². The van der Waals surface area contributed by atoms with Crippen LogP contribution >= 0.6 is 0 Å². The number of aliphatic hydroxyl groups is 1. The van der Waals surface area contributed by atoms with Gasteiger partial charge in [-0.05, 0) is 29.8 Å². The lowest BCUT2D eigenvalue weighted by molar-refractivity contribution is 0.266. The van der Waals surface area contributed by atoms with E-state index in [9.17, 15) is 8.78 Å². The molecule has 0 bridgehead atoms. The monoisotopic (exact) mass is 280 g/mol. The molecule has 2 aromatic rings. The van der Waals surface area contributed by atoms with Crippen LogP contribution in [0.2, 0.25) is 0 Å². The summed E-state index contributed by atoms with van der Waals surface area (Å²) in [6.45, 7) is -0.418. The van der Waals surface area contributed by atoms with Crippen LogP contribution in [0.15, 0.2) is 36.4 Å². The highest BCUT2D eigenvalue weighted by molar-refractivity contribution is 5.43. The number of aliphatic hydroxyl groups excluding tert-OH is 1. The molecule has 3 nitrogen and oxygen atoms in total. The molecule has 0 saturated heterocycles. The molecule has 0 aromatic heterocycles. The number of halogens is 2. The highest BCUT2D eigenvalue weighted by atomic mass is 19.1. The molecule has 0 spiro atoms. The summed E-state index contributed by atoms with van der Waals surface area (Å²) < 4.78 is 37.5. The van der Waals surface area contributed by atoms with Gasteiger partial charge in [-0.1, -0.05) is 12.1 Å². The molecule has 0 aliphatic rings. The van der Waals surface area contributed by atoms with E-state index < -0.39 is 11.6 Å². The Bertz CT molecular complexity index is 579. The number of hydrogen-bond donors (Lipinski definition) is 1. The molecule has 106 valence electrons. The maximum absolute atomic E-state index is 13.5. The normalized spacial score (nSPS) is 10.4. The fraction of sp³-hybridized carbons (Fsp3) is 0.200. The van der Waals surface area contributed by atoms with Gasteiger partial charge in [0.2, 0.25) is 0 Å². The van der Waals surface area contributed by atoms with Crippen LogP contribution in [0.25, 0.3) is 0 Å². The van der Waals surface area contributed by atoms with E-state index in [1.807, 2.05) is 0 Å². The van der Waals surface area contributed by atoms with E-state index >= 15 is 0 Å². The van der Waals surface area contributed by atoms with E-state index in [2.05, 4.69) is 0 Å². The van der Waals surface area contributed by atoms with Crippen LogP contribution in [0.3, 0.4) is 0 Å². The number of benzene rings is 2. The molecule has 0 radical (unpaired) electrons. The Morgan fingerprint density at radius 2 is 1.75 bits per heavy atom. The first-order valence-electron chi connectivity index (χ1n) is 5.99. The second-order valence-corrected chi connectivity index (χ2v) is 4.13. The molecule has 0 atom stereocenters. The van der Waals surface area contributed by atoms with Crippen LogP contribution in [0.4, 0.5) is 8.78 Å². The summed E-state index contributed by atoms with van der Waals surface area (Å²) in [5, 5.41) is 9.08. The average Bonchev–Trinajstić information content (AvgIpc) is 2.46. The second-order valence-electron chi connectivity index (χ2n) is 4.13. The third kappa shape index (κ3) is 3.05. The van der Waals surface area contributed by atoms with Gasteiger partial charge in [-0.25, -0.2) is 8.78 Å². The molecule has 20 heavy (non-hydrogen) atoms. The molecular formula is C15H14F2O3. The summed E-state index contributed by atoms with van der Waals surface area (Å²) in [6.07, 6.45) is 0. The summed E-state index contributed by atoms with van der Waals surface area (Å²) in [4.78, 5) is 0. The van der Waals surface area contributed by atoms with Crippen molar-refractivity contribution < 1.29 is 23.4 Å². The SMILES string of the molecule is COc1ccc(CO)cc1OCc1c(F)cccc1F. The zero-order valence-electron chi connectivity index (χ0n) is 10.9. The van der Waals surface area contributed by atoms with Crippen molar-refractivity contribution in [2.75, 3.05) is 7.11 Å². The van der Waals surface area contributed by atoms with Crippen molar-refractivity contribution in [1.82, 2.24) is 0 Å². The molecule has 0 unspecified atom stereocenters. The smallest absolute Gasteiger partial charge is 0.162 e. The van der Waals surface area contributed by atoms with Crippen molar-refractivity contribution in [3.63, 3.8) is 0 Å². The first kappa shape index (κ1) is 14.3. The molecule has 5 heteroatoms. The first-order valence-corrected chi connectivity index (χ1v) is 5.99. The molecule has 1 N–H and O–H groups in total. The lowest BCUT2D eigenvalue weighted by atomic mass is 10.2. The fourth-order valence-corrected chi connectivity index (χ4v) is 1.75. The van der Waals surface area contributed by atoms with Crippen LogP contribution < -0.4 is 9.47 Å². The van der Waals surface area contributed by atoms with Gasteiger partial charge < -0.3 is 14.6 Å². The van der Waals surface area contributed by atoms with Crippen LogP contribution in [-0.4, -0.2) is 12.2 Å². The maximum Gasteiger partial charge on any atom is 0.162 e. The lowest BCUT2D eigenvalue weighted by Gasteiger charge is -2.12. The standard InChI is InChI=1S/C15H14F2O3/c1-19-14-6-5-10(8-18)7-15(14)20-9-11-12(16)3-2-4-13(11)17/h2-7,18H,8-9H2,1H3. The van der Waals surface area contributed by atoms with E-state index in [-0.39, 0.29) is 18.8 Å². The van der Waals surface area contributed by atoms with E-state index in [1.54, 1.807) is 18.2 Å². The van der Waals surface area contributed by atoms with Crippen LogP contribution in [0, 0.1) is 11.6 Å². The molecule has 2 aromatic carbocycles. The Hall–Kier alpha value is -2.14. The van der Waals surface area contributed by atoms with Crippen molar-refractivity contribution in [2.24, 2.45) is 0 Å². The van der Waals surface area contributed by atoms with Gasteiger partial charge in [0.05, 0.1) is 19.3 Å². The van der Waals surface area contributed by atoms with E-state index in [4.69, 9.17) is 14.6 Å². The Morgan fingerprint density at radius 3 is 2.35 bits per heavy atom. The summed E-state index contributed by atoms with van der Waals surface area (Å²) >= 11 is 0. The highest BCUT2D eigenvalue weighted by Gasteiger charge is 2.11. The summed E-state index contributed by atoms with van der Waals surface area (Å²) in [5.41, 5.74) is 0.471. The second kappa shape index (κ2) is 6.34. The van der Waals surface area contributed by atoms with Gasteiger partial charge in [0.1, 0.15) is 18.2 Å². The van der Waals surface area contributed by atoms with Crippen molar-refractivity contribution in [3.8, 4) is 11.5 Å². The number of hydrogen-bond acceptors (Lipinski definition) is 3. The molecule has 0 saturated carbocycles. The summed E-state index contributed by atoms with van der Waals surface area (Å²) in [5.74, 6) is -0.579. The van der Waals surface area contributed by atoms with Gasteiger partial charge in [-0.3, -0.25) is 0 Å². The van der Waals surface area contributed by atoms with E-state index in [0.29, 0.717) is 17.1 Å². The number of ether oxygens (including phenoxy) is 2. The highest BCUT2D eigenvalue weighted by Crippen LogP contribution is 2.29. The van der Waals surface area contributed by atoms with Crippen LogP contribution in [0.5, 0.6) is 11.5 Å². The molecule has 0 fully saturated rings. The van der Waals surface area contributed by atoms with Crippen molar-refractivity contribution in [3.05, 3.63) is 59.2 Å². The zero-order valence-corrected chi connectivity index (χ0v) is 10.9. The molecular weight excluding hydrogens is 266 g/mol. The van der Waals surface area contributed by atoms with Gasteiger partial charge in [-0.2, -0.15) is 0 Å². The quantitative estimate of drug-likeness (QED) is 0.915. The molecule has 0 heterocycles. The fourth-order valence-electron chi connectivity index (χ4n) is 1.75. The van der Waals surface area contributed by atoms with Crippen molar-refractivity contribution in [1.29, 1.82) is 0 Å². The Morgan fingerprint density at radius 1 is 1.05 bits per heavy atom. The minimum Gasteiger partial charge on any atom is -0.493 e. The number of rotatable bonds is 5. The maximum atomic E-state index is 13.5. The first-order chi connectivity index (χ1) is 9.65. The van der Waals surface area contributed by atoms with Gasteiger partial charge in [-0.15, -0.1) is 0 Å². The topological polar surface area (TPSA) is 38.7 Å². The molecule has 0 aliphatic heterocycles. The van der Waals surface area contributed by atoms with Gasteiger partial charge >= 0.3 is 0 Å². The predicted octanol–water partition coefficient (Wildman–Crippen LogP) is 3.04. The van der Waals surface area contributed by atoms with Crippen LogP contribution in [-0.2, 0) is 13.2 Å².